The topological polar surface area (TPSA) is 66.9 Å². The summed E-state index contributed by atoms with van der Waals surface area (Å²) >= 11 is 0. The summed E-state index contributed by atoms with van der Waals surface area (Å²) in [5.74, 6) is -0.408. The van der Waals surface area contributed by atoms with Crippen LogP contribution in [0.25, 0.3) is 0 Å². The highest BCUT2D eigenvalue weighted by molar-refractivity contribution is 7.93. The summed E-state index contributed by atoms with van der Waals surface area (Å²) in [4.78, 5) is 17.8. The van der Waals surface area contributed by atoms with Crippen molar-refractivity contribution in [3.63, 3.8) is 0 Å². The number of carbonyl (C=O) groups is 1. The molecule has 1 aliphatic heterocycles. The van der Waals surface area contributed by atoms with Gasteiger partial charge in [-0.25, -0.2) is 13.5 Å². The van der Waals surface area contributed by atoms with E-state index in [1.54, 1.807) is 36.4 Å². The van der Waals surface area contributed by atoms with Crippen LogP contribution in [0, 0.1) is 6.92 Å². The number of benzene rings is 2. The Balaban J connectivity index is 2.11. The fourth-order valence-corrected chi connectivity index (χ4v) is 4.61. The Morgan fingerprint density at radius 3 is 2.44 bits per heavy atom. The Bertz CT molecular complexity index is 894. The molecule has 1 atom stereocenters. The van der Waals surface area contributed by atoms with Crippen molar-refractivity contribution < 1.29 is 18.0 Å². The number of fused-ring (bicyclic) bond motifs is 1. The molecule has 132 valence electrons. The largest absolute Gasteiger partial charge is 0.274 e. The molecule has 2 aromatic carbocycles. The number of para-hydroxylation sites is 1. The smallest absolute Gasteiger partial charge is 0.270 e. The zero-order chi connectivity index (χ0) is 18.2. The van der Waals surface area contributed by atoms with Crippen molar-refractivity contribution in [2.45, 2.75) is 24.3 Å². The van der Waals surface area contributed by atoms with Crippen molar-refractivity contribution in [1.82, 2.24) is 5.06 Å². The van der Waals surface area contributed by atoms with Crippen LogP contribution in [0.15, 0.2) is 53.4 Å². The first-order valence-corrected chi connectivity index (χ1v) is 9.31. The molecule has 0 bridgehead atoms. The van der Waals surface area contributed by atoms with Gasteiger partial charge in [0.15, 0.2) is 0 Å². The maximum absolute atomic E-state index is 13.2. The minimum atomic E-state index is -3.87. The summed E-state index contributed by atoms with van der Waals surface area (Å²) in [7, 11) is -1.03. The van der Waals surface area contributed by atoms with Gasteiger partial charge < -0.3 is 0 Å². The molecule has 0 N–H and O–H groups in total. The molecule has 0 fully saturated rings. The Morgan fingerprint density at radius 2 is 1.80 bits per heavy atom. The lowest BCUT2D eigenvalue weighted by molar-refractivity contribution is -0.169. The molecular formula is C18H20N2O4S. The van der Waals surface area contributed by atoms with E-state index in [2.05, 4.69) is 0 Å². The van der Waals surface area contributed by atoms with Gasteiger partial charge in [-0.1, -0.05) is 35.9 Å². The molecule has 6 nitrogen and oxygen atoms in total. The fourth-order valence-electron chi connectivity index (χ4n) is 2.97. The first kappa shape index (κ1) is 17.4. The Labute approximate surface area is 147 Å². The van der Waals surface area contributed by atoms with Crippen molar-refractivity contribution >= 4 is 21.6 Å². The van der Waals surface area contributed by atoms with E-state index in [9.17, 15) is 13.2 Å². The van der Waals surface area contributed by atoms with Crippen LogP contribution in [-0.4, -0.2) is 39.6 Å². The summed E-state index contributed by atoms with van der Waals surface area (Å²) in [5, 5.41) is 1.06. The SMILES string of the molecule is CON(C)C(=O)C1Cc2ccccc2N1S(=O)(=O)c1ccc(C)cc1. The van der Waals surface area contributed by atoms with Crippen molar-refractivity contribution in [2.24, 2.45) is 0 Å². The highest BCUT2D eigenvalue weighted by atomic mass is 32.2. The first-order valence-electron chi connectivity index (χ1n) is 7.87. The van der Waals surface area contributed by atoms with Crippen molar-refractivity contribution in [3.8, 4) is 0 Å². The Kier molecular flexibility index (Phi) is 4.53. The van der Waals surface area contributed by atoms with Crippen LogP contribution in [0.3, 0.4) is 0 Å². The molecular weight excluding hydrogens is 340 g/mol. The molecule has 0 saturated carbocycles. The molecule has 0 aliphatic carbocycles. The second-order valence-electron chi connectivity index (χ2n) is 5.98. The normalized spacial score (nSPS) is 16.6. The monoisotopic (exact) mass is 360 g/mol. The molecule has 7 heteroatoms. The first-order chi connectivity index (χ1) is 11.9. The molecule has 0 radical (unpaired) electrons. The number of aryl methyl sites for hydroxylation is 1. The van der Waals surface area contributed by atoms with E-state index in [1.807, 2.05) is 19.1 Å². The average molecular weight is 360 g/mol. The van der Waals surface area contributed by atoms with Crippen molar-refractivity contribution in [1.29, 1.82) is 0 Å². The molecule has 1 amide bonds. The van der Waals surface area contributed by atoms with Crippen molar-refractivity contribution in [2.75, 3.05) is 18.5 Å². The second-order valence-corrected chi connectivity index (χ2v) is 7.80. The quantitative estimate of drug-likeness (QED) is 0.784. The van der Waals surface area contributed by atoms with Crippen LogP contribution in [0.4, 0.5) is 5.69 Å². The summed E-state index contributed by atoms with van der Waals surface area (Å²) in [6, 6.07) is 12.9. The molecule has 1 aliphatic rings. The van der Waals surface area contributed by atoms with Gasteiger partial charge in [0.05, 0.1) is 17.7 Å². The van der Waals surface area contributed by atoms with E-state index in [0.29, 0.717) is 12.1 Å². The third-order valence-electron chi connectivity index (χ3n) is 4.37. The maximum Gasteiger partial charge on any atom is 0.270 e. The van der Waals surface area contributed by atoms with E-state index in [4.69, 9.17) is 4.84 Å². The van der Waals surface area contributed by atoms with Crippen LogP contribution in [-0.2, 0) is 26.1 Å². The minimum absolute atomic E-state index is 0.160. The highest BCUT2D eigenvalue weighted by Crippen LogP contribution is 2.37. The molecule has 0 aromatic heterocycles. The van der Waals surface area contributed by atoms with Gasteiger partial charge in [0.2, 0.25) is 0 Å². The predicted molar refractivity (Wildman–Crippen MR) is 94.6 cm³/mol. The zero-order valence-corrected chi connectivity index (χ0v) is 15.2. The summed E-state index contributed by atoms with van der Waals surface area (Å²) in [6.45, 7) is 1.89. The Morgan fingerprint density at radius 1 is 1.16 bits per heavy atom. The lowest BCUT2D eigenvalue weighted by atomic mass is 10.1. The second kappa shape index (κ2) is 6.50. The van der Waals surface area contributed by atoms with Gasteiger partial charge >= 0.3 is 0 Å². The number of hydrogen-bond acceptors (Lipinski definition) is 4. The highest BCUT2D eigenvalue weighted by Gasteiger charge is 2.43. The van der Waals surface area contributed by atoms with Crippen LogP contribution in [0.5, 0.6) is 0 Å². The predicted octanol–water partition coefficient (Wildman–Crippen LogP) is 2.13. The van der Waals surface area contributed by atoms with E-state index >= 15 is 0 Å². The number of hydroxylamine groups is 2. The summed E-state index contributed by atoms with van der Waals surface area (Å²) in [6.07, 6.45) is 0.313. The standard InChI is InChI=1S/C18H20N2O4S/c1-13-8-10-15(11-9-13)25(22,23)20-16-7-5-4-6-14(16)12-17(20)18(21)19(2)24-3/h4-11,17H,12H2,1-3H3. The van der Waals surface area contributed by atoms with E-state index in [1.165, 1.54) is 18.5 Å². The lowest BCUT2D eigenvalue weighted by Gasteiger charge is -2.28. The fraction of sp³-hybridized carbons (Fsp3) is 0.278. The van der Waals surface area contributed by atoms with Gasteiger partial charge in [0.25, 0.3) is 15.9 Å². The number of sulfonamides is 1. The van der Waals surface area contributed by atoms with Gasteiger partial charge in [-0.3, -0.25) is 13.9 Å². The van der Waals surface area contributed by atoms with Crippen LogP contribution in [0.1, 0.15) is 11.1 Å². The van der Waals surface area contributed by atoms with Crippen LogP contribution < -0.4 is 4.31 Å². The zero-order valence-electron chi connectivity index (χ0n) is 14.3. The van der Waals surface area contributed by atoms with Gasteiger partial charge in [0, 0.05) is 13.5 Å². The van der Waals surface area contributed by atoms with E-state index in [0.717, 1.165) is 16.2 Å². The summed E-state index contributed by atoms with van der Waals surface area (Å²) < 4.78 is 27.7. The van der Waals surface area contributed by atoms with Gasteiger partial charge in [-0.15, -0.1) is 0 Å². The lowest BCUT2D eigenvalue weighted by Crippen LogP contribution is -2.48. The van der Waals surface area contributed by atoms with Crippen LogP contribution >= 0.6 is 0 Å². The van der Waals surface area contributed by atoms with Gasteiger partial charge in [0.1, 0.15) is 6.04 Å². The molecule has 0 saturated heterocycles. The molecule has 0 spiro atoms. The number of anilines is 1. The molecule has 25 heavy (non-hydrogen) atoms. The van der Waals surface area contributed by atoms with Gasteiger partial charge in [-0.2, -0.15) is 0 Å². The number of nitrogens with zero attached hydrogens (tertiary/aromatic N) is 2. The molecule has 3 rings (SSSR count). The van der Waals surface area contributed by atoms with Crippen molar-refractivity contribution in [3.05, 3.63) is 59.7 Å². The Hall–Kier alpha value is -2.38. The van der Waals surface area contributed by atoms with E-state index in [-0.39, 0.29) is 4.90 Å². The molecule has 1 heterocycles. The molecule has 1 unspecified atom stereocenters. The van der Waals surface area contributed by atoms with Crippen LogP contribution in [0.2, 0.25) is 0 Å². The third kappa shape index (κ3) is 3.01. The third-order valence-corrected chi connectivity index (χ3v) is 6.21. The number of likely N-dealkylation sites (N-methyl/N-ethyl adjacent to an activating group) is 1. The average Bonchev–Trinajstić information content (AvgIpc) is 3.01. The number of rotatable bonds is 4. The summed E-state index contributed by atoms with van der Waals surface area (Å²) in [5.41, 5.74) is 2.32. The minimum Gasteiger partial charge on any atom is -0.274 e. The number of carbonyl (C=O) groups excluding carboxylic acids is 1. The number of amides is 1. The maximum atomic E-state index is 13.2. The van der Waals surface area contributed by atoms with Gasteiger partial charge in [-0.05, 0) is 30.7 Å². The van der Waals surface area contributed by atoms with E-state index < -0.39 is 22.0 Å². The molecule has 2 aromatic rings. The number of hydrogen-bond donors (Lipinski definition) is 0.